The number of likely N-dealkylation sites (tertiary alicyclic amines) is 1. The number of carbonyl (C=O) groups excluding carboxylic acids is 1. The van der Waals surface area contributed by atoms with Crippen molar-refractivity contribution >= 4 is 23.3 Å². The SMILES string of the molecule is CC1(C)C[C@H]2C[C@](C)(CN2C(=O)CSc2nnc3ccccn23)C1. The Bertz CT molecular complexity index is 786. The van der Waals surface area contributed by atoms with E-state index in [0.29, 0.717) is 17.2 Å². The average molecular weight is 344 g/mol. The highest BCUT2D eigenvalue weighted by Gasteiger charge is 2.50. The van der Waals surface area contributed by atoms with Crippen molar-refractivity contribution in [2.45, 2.75) is 51.2 Å². The highest BCUT2D eigenvalue weighted by Crippen LogP contribution is 2.52. The topological polar surface area (TPSA) is 50.5 Å². The van der Waals surface area contributed by atoms with E-state index in [1.165, 1.54) is 18.2 Å². The Hall–Kier alpha value is -1.56. The Labute approximate surface area is 146 Å². The van der Waals surface area contributed by atoms with Gasteiger partial charge in [0.25, 0.3) is 0 Å². The van der Waals surface area contributed by atoms with Gasteiger partial charge in [0.2, 0.25) is 5.91 Å². The lowest BCUT2D eigenvalue weighted by Crippen LogP contribution is -2.38. The summed E-state index contributed by atoms with van der Waals surface area (Å²) >= 11 is 1.48. The van der Waals surface area contributed by atoms with Gasteiger partial charge in [0, 0.05) is 18.8 Å². The van der Waals surface area contributed by atoms with E-state index in [4.69, 9.17) is 0 Å². The molecule has 6 heteroatoms. The molecule has 5 nitrogen and oxygen atoms in total. The molecular formula is C18H24N4OS. The number of hydrogen-bond donors (Lipinski definition) is 0. The highest BCUT2D eigenvalue weighted by molar-refractivity contribution is 7.99. The third kappa shape index (κ3) is 2.81. The molecule has 128 valence electrons. The second-order valence-electron chi connectivity index (χ2n) is 8.44. The molecule has 3 heterocycles. The Morgan fingerprint density at radius 3 is 2.96 bits per heavy atom. The number of aromatic nitrogens is 3. The van der Waals surface area contributed by atoms with Gasteiger partial charge in [-0.1, -0.05) is 38.6 Å². The first kappa shape index (κ1) is 15.9. The van der Waals surface area contributed by atoms with Gasteiger partial charge in [0.15, 0.2) is 10.8 Å². The number of pyridine rings is 1. The number of nitrogens with zero attached hydrogens (tertiary/aromatic N) is 4. The molecule has 4 rings (SSSR count). The molecular weight excluding hydrogens is 320 g/mol. The van der Waals surface area contributed by atoms with E-state index in [0.717, 1.165) is 30.2 Å². The van der Waals surface area contributed by atoms with Gasteiger partial charge < -0.3 is 4.90 Å². The van der Waals surface area contributed by atoms with E-state index in [9.17, 15) is 4.79 Å². The summed E-state index contributed by atoms with van der Waals surface area (Å²) in [5.41, 5.74) is 1.44. The van der Waals surface area contributed by atoms with Gasteiger partial charge in [0.05, 0.1) is 5.75 Å². The molecule has 0 spiro atoms. The normalized spacial score (nSPS) is 28.5. The van der Waals surface area contributed by atoms with Gasteiger partial charge in [-0.05, 0) is 42.2 Å². The van der Waals surface area contributed by atoms with Crippen molar-refractivity contribution in [1.82, 2.24) is 19.5 Å². The molecule has 2 aliphatic rings. The first-order valence-electron chi connectivity index (χ1n) is 8.57. The van der Waals surface area contributed by atoms with Crippen molar-refractivity contribution < 1.29 is 4.79 Å². The minimum atomic E-state index is 0.235. The molecule has 1 aliphatic carbocycles. The van der Waals surface area contributed by atoms with Gasteiger partial charge in [-0.2, -0.15) is 0 Å². The summed E-state index contributed by atoms with van der Waals surface area (Å²) in [5.74, 6) is 0.669. The standard InChI is InChI=1S/C18H24N4OS/c1-17(2)8-13-9-18(3,11-17)12-22(13)15(23)10-24-16-20-19-14-6-4-5-7-21(14)16/h4-7,13H,8-12H2,1-3H3/t13-,18-/m0/s1. The Morgan fingerprint density at radius 1 is 1.29 bits per heavy atom. The predicted octanol–water partition coefficient (Wildman–Crippen LogP) is 3.25. The van der Waals surface area contributed by atoms with Gasteiger partial charge in [-0.3, -0.25) is 9.20 Å². The molecule has 1 saturated carbocycles. The van der Waals surface area contributed by atoms with E-state index < -0.39 is 0 Å². The summed E-state index contributed by atoms with van der Waals surface area (Å²) in [7, 11) is 0. The number of carbonyl (C=O) groups is 1. The molecule has 1 amide bonds. The third-order valence-corrected chi connectivity index (χ3v) is 6.27. The first-order chi connectivity index (χ1) is 11.4. The number of thioether (sulfide) groups is 1. The molecule has 1 aliphatic heterocycles. The lowest BCUT2D eigenvalue weighted by molar-refractivity contribution is -0.129. The quantitative estimate of drug-likeness (QED) is 0.802. The van der Waals surface area contributed by atoms with Gasteiger partial charge in [-0.15, -0.1) is 10.2 Å². The summed E-state index contributed by atoms with van der Waals surface area (Å²) in [6, 6.07) is 6.22. The van der Waals surface area contributed by atoms with Crippen LogP contribution in [0.1, 0.15) is 40.0 Å². The molecule has 0 unspecified atom stereocenters. The van der Waals surface area contributed by atoms with Crippen molar-refractivity contribution in [2.75, 3.05) is 12.3 Å². The van der Waals surface area contributed by atoms with E-state index in [1.54, 1.807) is 0 Å². The fraction of sp³-hybridized carbons (Fsp3) is 0.611. The van der Waals surface area contributed by atoms with Crippen LogP contribution in [0.25, 0.3) is 5.65 Å². The smallest absolute Gasteiger partial charge is 0.233 e. The summed E-state index contributed by atoms with van der Waals surface area (Å²) in [6.07, 6.45) is 5.42. The van der Waals surface area contributed by atoms with Gasteiger partial charge >= 0.3 is 0 Å². The van der Waals surface area contributed by atoms with E-state index in [-0.39, 0.29) is 11.3 Å². The van der Waals surface area contributed by atoms with E-state index in [2.05, 4.69) is 35.9 Å². The van der Waals surface area contributed by atoms with E-state index in [1.807, 2.05) is 28.8 Å². The predicted molar refractivity (Wildman–Crippen MR) is 95.0 cm³/mol. The minimum absolute atomic E-state index is 0.235. The molecule has 0 aromatic carbocycles. The summed E-state index contributed by atoms with van der Waals surface area (Å²) in [4.78, 5) is 15.0. The van der Waals surface area contributed by atoms with Crippen molar-refractivity contribution in [3.63, 3.8) is 0 Å². The molecule has 2 fully saturated rings. The zero-order valence-corrected chi connectivity index (χ0v) is 15.3. The number of hydrogen-bond acceptors (Lipinski definition) is 4. The fourth-order valence-electron chi connectivity index (χ4n) is 4.88. The van der Waals surface area contributed by atoms with Crippen LogP contribution in [-0.4, -0.2) is 43.7 Å². The molecule has 2 atom stereocenters. The molecule has 2 aromatic heterocycles. The van der Waals surface area contributed by atoms with Gasteiger partial charge in [0.1, 0.15) is 0 Å². The lowest BCUT2D eigenvalue weighted by atomic mass is 9.65. The lowest BCUT2D eigenvalue weighted by Gasteiger charge is -2.39. The Morgan fingerprint density at radius 2 is 2.12 bits per heavy atom. The molecule has 2 bridgehead atoms. The fourth-order valence-corrected chi connectivity index (χ4v) is 5.69. The largest absolute Gasteiger partial charge is 0.338 e. The highest BCUT2D eigenvalue weighted by atomic mass is 32.2. The van der Waals surface area contributed by atoms with Crippen LogP contribution >= 0.6 is 11.8 Å². The molecule has 2 aromatic rings. The second kappa shape index (κ2) is 5.48. The van der Waals surface area contributed by atoms with Crippen LogP contribution in [-0.2, 0) is 4.79 Å². The summed E-state index contributed by atoms with van der Waals surface area (Å²) < 4.78 is 1.94. The maximum absolute atomic E-state index is 12.8. The van der Waals surface area contributed by atoms with Crippen molar-refractivity contribution in [3.05, 3.63) is 24.4 Å². The Kier molecular flexibility index (Phi) is 3.64. The van der Waals surface area contributed by atoms with Crippen LogP contribution in [0.3, 0.4) is 0 Å². The van der Waals surface area contributed by atoms with Crippen LogP contribution in [0.2, 0.25) is 0 Å². The average Bonchev–Trinajstić information content (AvgIpc) is 3.02. The maximum Gasteiger partial charge on any atom is 0.233 e. The van der Waals surface area contributed by atoms with Crippen LogP contribution in [0, 0.1) is 10.8 Å². The van der Waals surface area contributed by atoms with Gasteiger partial charge in [-0.25, -0.2) is 0 Å². The van der Waals surface area contributed by atoms with Crippen molar-refractivity contribution in [2.24, 2.45) is 10.8 Å². The molecule has 24 heavy (non-hydrogen) atoms. The number of fused-ring (bicyclic) bond motifs is 3. The third-order valence-electron chi connectivity index (χ3n) is 5.34. The summed E-state index contributed by atoms with van der Waals surface area (Å²) in [6.45, 7) is 7.92. The van der Waals surface area contributed by atoms with Crippen LogP contribution in [0.15, 0.2) is 29.6 Å². The van der Waals surface area contributed by atoms with E-state index >= 15 is 0 Å². The minimum Gasteiger partial charge on any atom is -0.338 e. The second-order valence-corrected chi connectivity index (χ2v) is 9.38. The van der Waals surface area contributed by atoms with Crippen LogP contribution in [0.5, 0.6) is 0 Å². The van der Waals surface area contributed by atoms with Crippen molar-refractivity contribution in [1.29, 1.82) is 0 Å². The maximum atomic E-state index is 12.8. The number of rotatable bonds is 3. The molecule has 0 radical (unpaired) electrons. The zero-order chi connectivity index (χ0) is 16.9. The monoisotopic (exact) mass is 344 g/mol. The molecule has 0 N–H and O–H groups in total. The van der Waals surface area contributed by atoms with Crippen molar-refractivity contribution in [3.8, 4) is 0 Å². The first-order valence-corrected chi connectivity index (χ1v) is 9.56. The summed E-state index contributed by atoms with van der Waals surface area (Å²) in [5, 5.41) is 9.13. The Balaban J connectivity index is 1.45. The van der Waals surface area contributed by atoms with Crippen LogP contribution in [0.4, 0.5) is 0 Å². The zero-order valence-electron chi connectivity index (χ0n) is 14.5. The number of amides is 1. The van der Waals surface area contributed by atoms with Crippen LogP contribution < -0.4 is 0 Å². The molecule has 1 saturated heterocycles.